The van der Waals surface area contributed by atoms with E-state index < -0.39 is 5.97 Å². The topological polar surface area (TPSA) is 102 Å². The molecule has 0 saturated carbocycles. The van der Waals surface area contributed by atoms with Crippen LogP contribution in [0.4, 0.5) is 0 Å². The number of rotatable bonds is 5. The molecule has 1 saturated heterocycles. The van der Waals surface area contributed by atoms with Crippen molar-refractivity contribution in [3.8, 4) is 0 Å². The molecule has 0 bridgehead atoms. The molecule has 116 valence electrons. The van der Waals surface area contributed by atoms with E-state index in [0.29, 0.717) is 26.2 Å². The Labute approximate surface area is 123 Å². The lowest BCUT2D eigenvalue weighted by Crippen LogP contribution is -2.37. The zero-order valence-electron chi connectivity index (χ0n) is 12.2. The number of nitrogens with one attached hydrogen (secondary N) is 1. The third-order valence-electron chi connectivity index (χ3n) is 3.44. The van der Waals surface area contributed by atoms with E-state index in [-0.39, 0.29) is 18.3 Å². The molecular weight excluding hydrogens is 274 g/mol. The van der Waals surface area contributed by atoms with Crippen molar-refractivity contribution in [1.82, 2.24) is 25.0 Å². The maximum Gasteiger partial charge on any atom is 0.317 e. The molecule has 2 N–H and O–H groups in total. The van der Waals surface area contributed by atoms with Crippen molar-refractivity contribution >= 4 is 11.9 Å². The number of carbonyl (C=O) groups excluding carboxylic acids is 1. The van der Waals surface area contributed by atoms with Gasteiger partial charge in [0.25, 0.3) is 5.91 Å². The highest BCUT2D eigenvalue weighted by Crippen LogP contribution is 2.07. The van der Waals surface area contributed by atoms with Gasteiger partial charge in [-0.1, -0.05) is 6.92 Å². The van der Waals surface area contributed by atoms with Crippen LogP contribution in [0.3, 0.4) is 0 Å². The summed E-state index contributed by atoms with van der Waals surface area (Å²) in [6.07, 6.45) is 2.47. The van der Waals surface area contributed by atoms with Crippen LogP contribution < -0.4 is 0 Å². The van der Waals surface area contributed by atoms with E-state index in [4.69, 9.17) is 5.11 Å². The second-order valence-corrected chi connectivity index (χ2v) is 5.17. The highest BCUT2D eigenvalue weighted by molar-refractivity contribution is 5.90. The van der Waals surface area contributed by atoms with E-state index in [0.717, 1.165) is 25.1 Å². The maximum absolute atomic E-state index is 12.3. The summed E-state index contributed by atoms with van der Waals surface area (Å²) in [6.45, 7) is 4.41. The number of hydrogen-bond donors (Lipinski definition) is 2. The van der Waals surface area contributed by atoms with E-state index in [1.54, 1.807) is 4.90 Å². The molecule has 2 heterocycles. The monoisotopic (exact) mass is 295 g/mol. The Hall–Kier alpha value is -1.96. The first-order valence-electron chi connectivity index (χ1n) is 7.25. The van der Waals surface area contributed by atoms with Crippen molar-refractivity contribution in [3.63, 3.8) is 0 Å². The molecule has 0 spiro atoms. The standard InChI is InChI=1S/C13H21N5O3/c1-2-4-10-14-12(16-15-10)13(21)18-6-3-5-17(7-8-18)9-11(19)20/h2-9H2,1H3,(H,19,20)(H,14,15,16). The van der Waals surface area contributed by atoms with Gasteiger partial charge in [-0.25, -0.2) is 4.98 Å². The fourth-order valence-electron chi connectivity index (χ4n) is 2.40. The van der Waals surface area contributed by atoms with Crippen molar-refractivity contribution in [3.05, 3.63) is 11.6 Å². The predicted molar refractivity (Wildman–Crippen MR) is 75.0 cm³/mol. The number of aromatic amines is 1. The van der Waals surface area contributed by atoms with E-state index >= 15 is 0 Å². The Morgan fingerprint density at radius 1 is 1.29 bits per heavy atom. The highest BCUT2D eigenvalue weighted by atomic mass is 16.4. The molecule has 0 atom stereocenters. The fraction of sp³-hybridized carbons (Fsp3) is 0.692. The SMILES string of the molecule is CCCc1nc(C(=O)N2CCCN(CC(=O)O)CC2)n[nH]1. The first-order valence-corrected chi connectivity index (χ1v) is 7.25. The Morgan fingerprint density at radius 3 is 2.81 bits per heavy atom. The molecule has 8 heteroatoms. The molecule has 0 aromatic carbocycles. The van der Waals surface area contributed by atoms with Crippen molar-refractivity contribution in [2.75, 3.05) is 32.7 Å². The third-order valence-corrected chi connectivity index (χ3v) is 3.44. The molecule has 1 aromatic heterocycles. The zero-order chi connectivity index (χ0) is 15.2. The van der Waals surface area contributed by atoms with Gasteiger partial charge in [0.1, 0.15) is 5.82 Å². The summed E-state index contributed by atoms with van der Waals surface area (Å²) < 4.78 is 0. The Morgan fingerprint density at radius 2 is 2.10 bits per heavy atom. The molecule has 8 nitrogen and oxygen atoms in total. The summed E-state index contributed by atoms with van der Waals surface area (Å²) in [5, 5.41) is 15.6. The molecule has 0 radical (unpaired) electrons. The largest absolute Gasteiger partial charge is 0.480 e. The number of nitrogens with zero attached hydrogens (tertiary/aromatic N) is 4. The number of aliphatic carboxylic acids is 1. The minimum atomic E-state index is -0.840. The molecule has 1 aliphatic rings. The van der Waals surface area contributed by atoms with Crippen molar-refractivity contribution in [2.24, 2.45) is 0 Å². The lowest BCUT2D eigenvalue weighted by atomic mass is 10.3. The van der Waals surface area contributed by atoms with Crippen LogP contribution in [0.2, 0.25) is 0 Å². The summed E-state index contributed by atoms with van der Waals surface area (Å²) in [7, 11) is 0. The Kier molecular flexibility index (Phi) is 5.26. The average molecular weight is 295 g/mol. The number of amides is 1. The molecule has 1 fully saturated rings. The van der Waals surface area contributed by atoms with Gasteiger partial charge in [0, 0.05) is 32.6 Å². The van der Waals surface area contributed by atoms with Crippen LogP contribution in [-0.2, 0) is 11.2 Å². The van der Waals surface area contributed by atoms with Crippen LogP contribution in [0.15, 0.2) is 0 Å². The van der Waals surface area contributed by atoms with Gasteiger partial charge < -0.3 is 10.0 Å². The van der Waals surface area contributed by atoms with Gasteiger partial charge in [0.05, 0.1) is 6.54 Å². The molecule has 1 amide bonds. The van der Waals surface area contributed by atoms with Crippen molar-refractivity contribution < 1.29 is 14.7 Å². The number of H-pyrrole nitrogens is 1. The third kappa shape index (κ3) is 4.25. The highest BCUT2D eigenvalue weighted by Gasteiger charge is 2.23. The summed E-state index contributed by atoms with van der Waals surface area (Å²) in [5.41, 5.74) is 0. The fourth-order valence-corrected chi connectivity index (χ4v) is 2.40. The summed E-state index contributed by atoms with van der Waals surface area (Å²) >= 11 is 0. The van der Waals surface area contributed by atoms with Gasteiger partial charge in [-0.3, -0.25) is 19.6 Å². The van der Waals surface area contributed by atoms with Crippen LogP contribution in [0.5, 0.6) is 0 Å². The second-order valence-electron chi connectivity index (χ2n) is 5.17. The summed E-state index contributed by atoms with van der Waals surface area (Å²) in [4.78, 5) is 30.8. The molecule has 0 unspecified atom stereocenters. The normalized spacial score (nSPS) is 16.7. The molecule has 0 aliphatic carbocycles. The number of aromatic nitrogens is 3. The lowest BCUT2D eigenvalue weighted by molar-refractivity contribution is -0.138. The number of aryl methyl sites for hydroxylation is 1. The Balaban J connectivity index is 1.94. The van der Waals surface area contributed by atoms with Crippen molar-refractivity contribution in [1.29, 1.82) is 0 Å². The summed E-state index contributed by atoms with van der Waals surface area (Å²) in [5.74, 6) is -0.105. The minimum Gasteiger partial charge on any atom is -0.480 e. The second kappa shape index (κ2) is 7.16. The molecule has 21 heavy (non-hydrogen) atoms. The van der Waals surface area contributed by atoms with Gasteiger partial charge in [0.15, 0.2) is 0 Å². The molecular formula is C13H21N5O3. The minimum absolute atomic E-state index is 0.0172. The molecule has 1 aliphatic heterocycles. The lowest BCUT2D eigenvalue weighted by Gasteiger charge is -2.19. The quantitative estimate of drug-likeness (QED) is 0.792. The summed E-state index contributed by atoms with van der Waals surface area (Å²) in [6, 6.07) is 0. The smallest absolute Gasteiger partial charge is 0.317 e. The van der Waals surface area contributed by atoms with E-state index in [1.807, 2.05) is 11.8 Å². The number of carboxylic acids is 1. The van der Waals surface area contributed by atoms with E-state index in [9.17, 15) is 9.59 Å². The van der Waals surface area contributed by atoms with Gasteiger partial charge in [0.2, 0.25) is 5.82 Å². The van der Waals surface area contributed by atoms with Gasteiger partial charge in [-0.2, -0.15) is 0 Å². The van der Waals surface area contributed by atoms with Gasteiger partial charge in [-0.05, 0) is 12.8 Å². The molecule has 2 rings (SSSR count). The van der Waals surface area contributed by atoms with Crippen LogP contribution in [0.1, 0.15) is 36.2 Å². The van der Waals surface area contributed by atoms with Gasteiger partial charge in [-0.15, -0.1) is 5.10 Å². The van der Waals surface area contributed by atoms with E-state index in [1.165, 1.54) is 0 Å². The average Bonchev–Trinajstić information content (AvgIpc) is 2.78. The number of hydrogen-bond acceptors (Lipinski definition) is 5. The zero-order valence-corrected chi connectivity index (χ0v) is 12.2. The van der Waals surface area contributed by atoms with Crippen LogP contribution >= 0.6 is 0 Å². The first-order chi connectivity index (χ1) is 10.1. The first kappa shape index (κ1) is 15.4. The van der Waals surface area contributed by atoms with Crippen LogP contribution in [0, 0.1) is 0 Å². The van der Waals surface area contributed by atoms with Crippen molar-refractivity contribution in [2.45, 2.75) is 26.2 Å². The maximum atomic E-state index is 12.3. The molecule has 1 aromatic rings. The Bertz CT molecular complexity index is 502. The van der Waals surface area contributed by atoms with E-state index in [2.05, 4.69) is 15.2 Å². The number of carboxylic acid groups (broad SMARTS) is 1. The number of carbonyl (C=O) groups is 2. The predicted octanol–water partition coefficient (Wildman–Crippen LogP) is -0.0103. The van der Waals surface area contributed by atoms with Crippen LogP contribution in [-0.4, -0.2) is 74.7 Å². The van der Waals surface area contributed by atoms with Crippen LogP contribution in [0.25, 0.3) is 0 Å². The van der Waals surface area contributed by atoms with Gasteiger partial charge >= 0.3 is 5.97 Å².